The van der Waals surface area contributed by atoms with Crippen LogP contribution in [0.15, 0.2) is 64.5 Å². The van der Waals surface area contributed by atoms with Crippen molar-refractivity contribution in [1.82, 2.24) is 14.9 Å². The Balaban J connectivity index is 1.75. The van der Waals surface area contributed by atoms with Gasteiger partial charge in [-0.2, -0.15) is 0 Å². The lowest BCUT2D eigenvalue weighted by Gasteiger charge is -2.09. The Morgan fingerprint density at radius 1 is 1.04 bits per heavy atom. The SMILES string of the molecule is CN(C)Cc1ccc(N=Cc2c(=O)[nH]c3ccc4[nH]cccc4c23)cc1. The molecular formula is C21H20N4O. The van der Waals surface area contributed by atoms with Gasteiger partial charge in [-0.1, -0.05) is 18.2 Å². The highest BCUT2D eigenvalue weighted by atomic mass is 16.1. The standard InChI is InChI=1S/C21H20N4O/c1-25(2)13-14-5-7-15(8-6-14)23-12-17-20-16-4-3-11-22-18(16)9-10-19(20)24-21(17)26/h3-12,22H,13H2,1-2H3,(H,24,26). The van der Waals surface area contributed by atoms with Crippen LogP contribution >= 0.6 is 0 Å². The maximum absolute atomic E-state index is 12.4. The van der Waals surface area contributed by atoms with Crippen LogP contribution in [0, 0.1) is 0 Å². The highest BCUT2D eigenvalue weighted by Crippen LogP contribution is 2.24. The van der Waals surface area contributed by atoms with Crippen LogP contribution in [0.5, 0.6) is 0 Å². The van der Waals surface area contributed by atoms with Crippen LogP contribution in [0.25, 0.3) is 21.8 Å². The molecule has 0 radical (unpaired) electrons. The first-order valence-corrected chi connectivity index (χ1v) is 8.51. The second-order valence-electron chi connectivity index (χ2n) is 6.65. The summed E-state index contributed by atoms with van der Waals surface area (Å²) in [5, 5.41) is 1.91. The van der Waals surface area contributed by atoms with Crippen molar-refractivity contribution in [2.75, 3.05) is 14.1 Å². The number of hydrogen-bond donors (Lipinski definition) is 2. The Morgan fingerprint density at radius 2 is 1.81 bits per heavy atom. The quantitative estimate of drug-likeness (QED) is 0.553. The molecule has 0 saturated heterocycles. The molecule has 0 bridgehead atoms. The lowest BCUT2D eigenvalue weighted by Crippen LogP contribution is -2.10. The molecule has 2 aromatic carbocycles. The molecule has 130 valence electrons. The van der Waals surface area contributed by atoms with E-state index in [0.717, 1.165) is 34.0 Å². The number of nitrogens with one attached hydrogen (secondary N) is 2. The van der Waals surface area contributed by atoms with E-state index < -0.39 is 0 Å². The molecule has 4 rings (SSSR count). The summed E-state index contributed by atoms with van der Waals surface area (Å²) in [6.07, 6.45) is 3.54. The van der Waals surface area contributed by atoms with Gasteiger partial charge in [0.15, 0.2) is 0 Å². The molecule has 2 N–H and O–H groups in total. The highest BCUT2D eigenvalue weighted by molar-refractivity contribution is 6.13. The molecule has 0 aliphatic carbocycles. The minimum atomic E-state index is -0.121. The fourth-order valence-electron chi connectivity index (χ4n) is 3.21. The summed E-state index contributed by atoms with van der Waals surface area (Å²) >= 11 is 0. The Morgan fingerprint density at radius 3 is 2.58 bits per heavy atom. The van der Waals surface area contributed by atoms with Gasteiger partial charge in [0.25, 0.3) is 5.56 Å². The molecule has 2 aromatic heterocycles. The Hall–Kier alpha value is -3.18. The molecule has 0 fully saturated rings. The van der Waals surface area contributed by atoms with Gasteiger partial charge >= 0.3 is 0 Å². The minimum Gasteiger partial charge on any atom is -0.361 e. The molecule has 2 heterocycles. The number of aromatic nitrogens is 2. The van der Waals surface area contributed by atoms with Crippen molar-refractivity contribution >= 4 is 33.7 Å². The second kappa shape index (κ2) is 6.61. The Bertz CT molecular complexity index is 1150. The van der Waals surface area contributed by atoms with Crippen LogP contribution in [-0.4, -0.2) is 35.2 Å². The summed E-state index contributed by atoms with van der Waals surface area (Å²) in [4.78, 5) is 25.2. The Labute approximate surface area is 151 Å². The van der Waals surface area contributed by atoms with Gasteiger partial charge in [-0.3, -0.25) is 9.79 Å². The lowest BCUT2D eigenvalue weighted by atomic mass is 10.1. The number of aromatic amines is 2. The predicted molar refractivity (Wildman–Crippen MR) is 108 cm³/mol. The molecule has 0 atom stereocenters. The van der Waals surface area contributed by atoms with Gasteiger partial charge < -0.3 is 14.9 Å². The van der Waals surface area contributed by atoms with Crippen molar-refractivity contribution in [1.29, 1.82) is 0 Å². The molecule has 0 aliphatic heterocycles. The lowest BCUT2D eigenvalue weighted by molar-refractivity contribution is 0.402. The van der Waals surface area contributed by atoms with Gasteiger partial charge in [0.2, 0.25) is 0 Å². The third-order valence-corrected chi connectivity index (χ3v) is 4.38. The number of nitrogens with zero attached hydrogens (tertiary/aromatic N) is 2. The first-order valence-electron chi connectivity index (χ1n) is 8.51. The first kappa shape index (κ1) is 16.3. The fourth-order valence-corrected chi connectivity index (χ4v) is 3.21. The average molecular weight is 344 g/mol. The topological polar surface area (TPSA) is 64.2 Å². The van der Waals surface area contributed by atoms with E-state index in [1.54, 1.807) is 6.21 Å². The Kier molecular flexibility index (Phi) is 4.14. The van der Waals surface area contributed by atoms with Gasteiger partial charge in [0.1, 0.15) is 0 Å². The van der Waals surface area contributed by atoms with Crippen molar-refractivity contribution in [3.8, 4) is 0 Å². The summed E-state index contributed by atoms with van der Waals surface area (Å²) < 4.78 is 0. The summed E-state index contributed by atoms with van der Waals surface area (Å²) in [7, 11) is 4.08. The zero-order valence-electron chi connectivity index (χ0n) is 14.8. The molecule has 5 heteroatoms. The number of fused-ring (bicyclic) bond motifs is 3. The van der Waals surface area contributed by atoms with Crippen LogP contribution in [0.4, 0.5) is 5.69 Å². The van der Waals surface area contributed by atoms with E-state index in [9.17, 15) is 4.79 Å². The molecule has 26 heavy (non-hydrogen) atoms. The largest absolute Gasteiger partial charge is 0.361 e. The van der Waals surface area contributed by atoms with Crippen molar-refractivity contribution in [3.05, 3.63) is 76.2 Å². The maximum Gasteiger partial charge on any atom is 0.257 e. The molecule has 0 aliphatic rings. The highest BCUT2D eigenvalue weighted by Gasteiger charge is 2.11. The van der Waals surface area contributed by atoms with Gasteiger partial charge in [-0.05, 0) is 50.0 Å². The summed E-state index contributed by atoms with van der Waals surface area (Å²) in [5.74, 6) is 0. The molecule has 0 amide bonds. The number of benzene rings is 2. The first-order chi connectivity index (χ1) is 12.6. The van der Waals surface area contributed by atoms with Crippen molar-refractivity contribution < 1.29 is 0 Å². The van der Waals surface area contributed by atoms with Gasteiger partial charge in [-0.25, -0.2) is 0 Å². The third kappa shape index (κ3) is 3.05. The smallest absolute Gasteiger partial charge is 0.257 e. The van der Waals surface area contributed by atoms with Crippen LogP contribution in [0.3, 0.4) is 0 Å². The van der Waals surface area contributed by atoms with Crippen LogP contribution in [0.1, 0.15) is 11.1 Å². The van der Waals surface area contributed by atoms with Crippen LogP contribution < -0.4 is 5.56 Å². The zero-order valence-corrected chi connectivity index (χ0v) is 14.8. The predicted octanol–water partition coefficient (Wildman–Crippen LogP) is 3.82. The summed E-state index contributed by atoms with van der Waals surface area (Å²) in [6, 6.07) is 15.9. The van der Waals surface area contributed by atoms with Crippen molar-refractivity contribution in [2.24, 2.45) is 4.99 Å². The van der Waals surface area contributed by atoms with E-state index in [-0.39, 0.29) is 5.56 Å². The normalized spacial score (nSPS) is 12.0. The van der Waals surface area contributed by atoms with E-state index >= 15 is 0 Å². The summed E-state index contributed by atoms with van der Waals surface area (Å²) in [6.45, 7) is 0.889. The second-order valence-corrected chi connectivity index (χ2v) is 6.65. The molecular weight excluding hydrogens is 324 g/mol. The maximum atomic E-state index is 12.4. The van der Waals surface area contributed by atoms with E-state index in [1.807, 2.05) is 56.7 Å². The van der Waals surface area contributed by atoms with Crippen LogP contribution in [-0.2, 0) is 6.54 Å². The fraction of sp³-hybridized carbons (Fsp3) is 0.143. The average Bonchev–Trinajstić information content (AvgIpc) is 2.96. The summed E-state index contributed by atoms with van der Waals surface area (Å²) in [5.41, 5.74) is 4.33. The van der Waals surface area contributed by atoms with Gasteiger partial charge in [0, 0.05) is 40.8 Å². The minimum absolute atomic E-state index is 0.121. The number of hydrogen-bond acceptors (Lipinski definition) is 3. The van der Waals surface area contributed by atoms with E-state index in [4.69, 9.17) is 0 Å². The number of H-pyrrole nitrogens is 2. The number of aliphatic imine (C=N–C) groups is 1. The van der Waals surface area contributed by atoms with Crippen molar-refractivity contribution in [2.45, 2.75) is 6.54 Å². The molecule has 0 spiro atoms. The molecule has 0 saturated carbocycles. The third-order valence-electron chi connectivity index (χ3n) is 4.38. The van der Waals surface area contributed by atoms with Crippen molar-refractivity contribution in [3.63, 3.8) is 0 Å². The van der Waals surface area contributed by atoms with E-state index in [2.05, 4.69) is 32.0 Å². The number of pyridine rings is 1. The zero-order chi connectivity index (χ0) is 18.1. The van der Waals surface area contributed by atoms with Gasteiger partial charge in [0.05, 0.1) is 11.3 Å². The van der Waals surface area contributed by atoms with Gasteiger partial charge in [-0.15, -0.1) is 0 Å². The molecule has 4 aromatic rings. The molecule has 5 nitrogen and oxygen atoms in total. The molecule has 0 unspecified atom stereocenters. The van der Waals surface area contributed by atoms with E-state index in [1.165, 1.54) is 5.56 Å². The monoisotopic (exact) mass is 344 g/mol. The van der Waals surface area contributed by atoms with Crippen LogP contribution in [0.2, 0.25) is 0 Å². The number of rotatable bonds is 4. The van der Waals surface area contributed by atoms with E-state index in [0.29, 0.717) is 5.56 Å².